The summed E-state index contributed by atoms with van der Waals surface area (Å²) in [6, 6.07) is 5.06. The van der Waals surface area contributed by atoms with Crippen LogP contribution in [0.3, 0.4) is 0 Å². The van der Waals surface area contributed by atoms with Crippen molar-refractivity contribution in [3.05, 3.63) is 29.6 Å². The van der Waals surface area contributed by atoms with E-state index in [1.54, 1.807) is 18.2 Å². The molecule has 0 aliphatic rings. The van der Waals surface area contributed by atoms with Gasteiger partial charge in [0.1, 0.15) is 0 Å². The van der Waals surface area contributed by atoms with Gasteiger partial charge in [0.25, 0.3) is 0 Å². The van der Waals surface area contributed by atoms with E-state index in [0.717, 1.165) is 0 Å². The van der Waals surface area contributed by atoms with Gasteiger partial charge >= 0.3 is 0 Å². The molecule has 4 heteroatoms. The third-order valence-corrected chi connectivity index (χ3v) is 1.15. The lowest BCUT2D eigenvalue weighted by molar-refractivity contribution is -0.645. The SMILES string of the molecule is N.[O-][n+]1ccccc1S. The van der Waals surface area contributed by atoms with E-state index in [1.165, 1.54) is 6.20 Å². The Morgan fingerprint density at radius 2 is 2.11 bits per heavy atom. The molecule has 0 spiro atoms. The molecule has 0 aromatic carbocycles. The molecule has 1 heterocycles. The van der Waals surface area contributed by atoms with Crippen molar-refractivity contribution in [2.75, 3.05) is 0 Å². The summed E-state index contributed by atoms with van der Waals surface area (Å²) in [5.41, 5.74) is 0. The summed E-state index contributed by atoms with van der Waals surface area (Å²) < 4.78 is 0.698. The Morgan fingerprint density at radius 1 is 1.44 bits per heavy atom. The average Bonchev–Trinajstić information content (AvgIpc) is 1.77. The Bertz CT molecular complexity index is 171. The highest BCUT2D eigenvalue weighted by Crippen LogP contribution is 1.93. The fourth-order valence-corrected chi connectivity index (χ4v) is 0.572. The van der Waals surface area contributed by atoms with Gasteiger partial charge in [0.2, 0.25) is 5.03 Å². The summed E-state index contributed by atoms with van der Waals surface area (Å²) in [6.45, 7) is 0. The van der Waals surface area contributed by atoms with Gasteiger partial charge in [-0.3, -0.25) is 0 Å². The van der Waals surface area contributed by atoms with Crippen molar-refractivity contribution in [1.82, 2.24) is 6.15 Å². The summed E-state index contributed by atoms with van der Waals surface area (Å²) in [5.74, 6) is 0. The summed E-state index contributed by atoms with van der Waals surface area (Å²) in [7, 11) is 0. The largest absolute Gasteiger partial charge is 0.618 e. The molecule has 0 saturated carbocycles. The first-order valence-corrected chi connectivity index (χ1v) is 2.62. The van der Waals surface area contributed by atoms with E-state index in [-0.39, 0.29) is 6.15 Å². The molecule has 0 bridgehead atoms. The highest BCUT2D eigenvalue weighted by molar-refractivity contribution is 7.80. The van der Waals surface area contributed by atoms with Crippen molar-refractivity contribution < 1.29 is 4.73 Å². The molecule has 0 fully saturated rings. The van der Waals surface area contributed by atoms with Crippen molar-refractivity contribution in [2.24, 2.45) is 0 Å². The lowest BCUT2D eigenvalue weighted by Gasteiger charge is -1.94. The molecule has 9 heavy (non-hydrogen) atoms. The number of hydrogen-bond donors (Lipinski definition) is 2. The molecule has 50 valence electrons. The van der Waals surface area contributed by atoms with E-state index in [0.29, 0.717) is 9.76 Å². The minimum atomic E-state index is 0. The minimum Gasteiger partial charge on any atom is -0.618 e. The highest BCUT2D eigenvalue weighted by atomic mass is 32.1. The van der Waals surface area contributed by atoms with Gasteiger partial charge in [-0.2, -0.15) is 4.73 Å². The summed E-state index contributed by atoms with van der Waals surface area (Å²) in [5, 5.41) is 10.9. The van der Waals surface area contributed by atoms with E-state index in [4.69, 9.17) is 0 Å². The third-order valence-electron chi connectivity index (χ3n) is 0.804. The Balaban J connectivity index is 0.000000640. The van der Waals surface area contributed by atoms with E-state index in [9.17, 15) is 5.21 Å². The van der Waals surface area contributed by atoms with Crippen molar-refractivity contribution in [3.63, 3.8) is 0 Å². The van der Waals surface area contributed by atoms with Gasteiger partial charge < -0.3 is 11.4 Å². The fourth-order valence-electron chi connectivity index (χ4n) is 0.419. The predicted octanol–water partition coefficient (Wildman–Crippen LogP) is 0.771. The standard InChI is InChI=1S/C5H5NOS.H3N/c7-6-4-2-1-3-5(6)8;/h1-4,8H;1H3. The molecular formula is C5H8N2OS. The van der Waals surface area contributed by atoms with E-state index < -0.39 is 0 Å². The molecule has 0 radical (unpaired) electrons. The first-order valence-electron chi connectivity index (χ1n) is 2.18. The number of pyridine rings is 1. The van der Waals surface area contributed by atoms with E-state index in [1.807, 2.05) is 0 Å². The second-order valence-corrected chi connectivity index (χ2v) is 1.84. The summed E-state index contributed by atoms with van der Waals surface area (Å²) in [6.07, 6.45) is 1.41. The van der Waals surface area contributed by atoms with Crippen molar-refractivity contribution in [2.45, 2.75) is 5.03 Å². The first-order chi connectivity index (χ1) is 3.80. The maximum absolute atomic E-state index is 10.5. The van der Waals surface area contributed by atoms with E-state index in [2.05, 4.69) is 12.6 Å². The van der Waals surface area contributed by atoms with Gasteiger partial charge in [-0.15, -0.1) is 0 Å². The maximum Gasteiger partial charge on any atom is 0.248 e. The molecular weight excluding hydrogens is 136 g/mol. The molecule has 0 atom stereocenters. The van der Waals surface area contributed by atoms with Crippen LogP contribution in [0.25, 0.3) is 0 Å². The summed E-state index contributed by atoms with van der Waals surface area (Å²) >= 11 is 3.85. The average molecular weight is 144 g/mol. The maximum atomic E-state index is 10.5. The predicted molar refractivity (Wildman–Crippen MR) is 37.7 cm³/mol. The van der Waals surface area contributed by atoms with Crippen LogP contribution >= 0.6 is 12.6 Å². The molecule has 1 aromatic heterocycles. The zero-order valence-corrected chi connectivity index (χ0v) is 5.71. The quantitative estimate of drug-likeness (QED) is 0.321. The molecule has 0 saturated heterocycles. The Kier molecular flexibility index (Phi) is 3.05. The number of thiol groups is 1. The molecule has 3 nitrogen and oxygen atoms in total. The summed E-state index contributed by atoms with van der Waals surface area (Å²) in [4.78, 5) is 0. The van der Waals surface area contributed by atoms with Crippen LogP contribution in [0.2, 0.25) is 0 Å². The monoisotopic (exact) mass is 144 g/mol. The van der Waals surface area contributed by atoms with Crippen molar-refractivity contribution in [1.29, 1.82) is 0 Å². The Labute approximate surface area is 58.9 Å². The van der Waals surface area contributed by atoms with Crippen LogP contribution in [0.4, 0.5) is 0 Å². The number of nitrogens with zero attached hydrogens (tertiary/aromatic N) is 1. The smallest absolute Gasteiger partial charge is 0.248 e. The number of rotatable bonds is 0. The van der Waals surface area contributed by atoms with Crippen molar-refractivity contribution >= 4 is 12.6 Å². The van der Waals surface area contributed by atoms with Crippen LogP contribution in [-0.4, -0.2) is 0 Å². The normalized spacial score (nSPS) is 8.11. The van der Waals surface area contributed by atoms with E-state index >= 15 is 0 Å². The molecule has 1 rings (SSSR count). The molecule has 3 N–H and O–H groups in total. The molecule has 0 aliphatic heterocycles. The fraction of sp³-hybridized carbons (Fsp3) is 0. The third kappa shape index (κ3) is 1.91. The van der Waals surface area contributed by atoms with Gasteiger partial charge in [0.15, 0.2) is 6.20 Å². The van der Waals surface area contributed by atoms with Gasteiger partial charge in [-0.05, 0) is 6.07 Å². The topological polar surface area (TPSA) is 61.9 Å². The van der Waals surface area contributed by atoms with Gasteiger partial charge in [0, 0.05) is 12.1 Å². The Hall–Kier alpha value is -0.740. The highest BCUT2D eigenvalue weighted by Gasteiger charge is 1.90. The van der Waals surface area contributed by atoms with Crippen molar-refractivity contribution in [3.8, 4) is 0 Å². The van der Waals surface area contributed by atoms with Crippen LogP contribution in [0.5, 0.6) is 0 Å². The molecule has 0 amide bonds. The van der Waals surface area contributed by atoms with Gasteiger partial charge in [-0.25, -0.2) is 0 Å². The van der Waals surface area contributed by atoms with Crippen LogP contribution in [0, 0.1) is 5.21 Å². The van der Waals surface area contributed by atoms with Crippen LogP contribution in [-0.2, 0) is 0 Å². The minimum absolute atomic E-state index is 0. The van der Waals surface area contributed by atoms with Gasteiger partial charge in [0.05, 0.1) is 0 Å². The molecule has 1 aromatic rings. The zero-order valence-electron chi connectivity index (χ0n) is 4.82. The first kappa shape index (κ1) is 8.26. The molecule has 0 aliphatic carbocycles. The number of aromatic nitrogens is 1. The Morgan fingerprint density at radius 3 is 2.44 bits per heavy atom. The van der Waals surface area contributed by atoms with Crippen LogP contribution in [0.15, 0.2) is 29.4 Å². The van der Waals surface area contributed by atoms with Crippen LogP contribution in [0.1, 0.15) is 0 Å². The lowest BCUT2D eigenvalue weighted by Crippen LogP contribution is -2.26. The zero-order chi connectivity index (χ0) is 5.98. The number of hydrogen-bond acceptors (Lipinski definition) is 3. The van der Waals surface area contributed by atoms with Gasteiger partial charge in [-0.1, -0.05) is 12.6 Å². The van der Waals surface area contributed by atoms with Crippen LogP contribution < -0.4 is 10.9 Å². The lowest BCUT2D eigenvalue weighted by atomic mass is 10.5. The second-order valence-electron chi connectivity index (χ2n) is 1.38. The molecule has 0 unspecified atom stereocenters. The second kappa shape index (κ2) is 3.32.